The van der Waals surface area contributed by atoms with Crippen LogP contribution in [-0.4, -0.2) is 10.9 Å². The molecule has 1 aromatic heterocycles. The van der Waals surface area contributed by atoms with E-state index in [9.17, 15) is 0 Å². The average Bonchev–Trinajstić information content (AvgIpc) is 2.40. The number of hydrogen-bond acceptors (Lipinski definition) is 2. The van der Waals surface area contributed by atoms with Crippen LogP contribution in [0.25, 0.3) is 0 Å². The minimum atomic E-state index is 0.687. The zero-order valence-corrected chi connectivity index (χ0v) is 7.82. The van der Waals surface area contributed by atoms with Crippen molar-refractivity contribution in [2.24, 2.45) is 0 Å². The van der Waals surface area contributed by atoms with Crippen molar-refractivity contribution in [3.63, 3.8) is 0 Å². The zero-order valence-electron chi connectivity index (χ0n) is 7.00. The molecule has 0 amide bonds. The SMILES string of the molecule is CC(C)N1Cc2cscc2C1. The highest BCUT2D eigenvalue weighted by Crippen LogP contribution is 2.27. The first kappa shape index (κ1) is 7.32. The molecule has 0 saturated carbocycles. The second kappa shape index (κ2) is 2.61. The van der Waals surface area contributed by atoms with E-state index in [0.29, 0.717) is 6.04 Å². The van der Waals surface area contributed by atoms with Crippen LogP contribution in [0.4, 0.5) is 0 Å². The first-order chi connectivity index (χ1) is 5.27. The largest absolute Gasteiger partial charge is 0.292 e. The van der Waals surface area contributed by atoms with E-state index in [4.69, 9.17) is 0 Å². The molecule has 0 radical (unpaired) electrons. The molecule has 2 heteroatoms. The number of rotatable bonds is 1. The van der Waals surface area contributed by atoms with E-state index in [1.165, 1.54) is 0 Å². The van der Waals surface area contributed by atoms with Crippen molar-refractivity contribution < 1.29 is 0 Å². The second-order valence-electron chi connectivity index (χ2n) is 3.42. The van der Waals surface area contributed by atoms with Crippen LogP contribution in [0.15, 0.2) is 10.8 Å². The van der Waals surface area contributed by atoms with E-state index < -0.39 is 0 Å². The van der Waals surface area contributed by atoms with Crippen LogP contribution in [0.1, 0.15) is 25.0 Å². The fourth-order valence-corrected chi connectivity index (χ4v) is 2.33. The van der Waals surface area contributed by atoms with Gasteiger partial charge in [0.25, 0.3) is 0 Å². The van der Waals surface area contributed by atoms with E-state index in [1.807, 2.05) is 11.3 Å². The smallest absolute Gasteiger partial charge is 0.0251 e. The van der Waals surface area contributed by atoms with Gasteiger partial charge in [-0.3, -0.25) is 4.90 Å². The lowest BCUT2D eigenvalue weighted by Crippen LogP contribution is -2.24. The molecule has 1 aliphatic rings. The summed E-state index contributed by atoms with van der Waals surface area (Å²) < 4.78 is 0. The predicted octanol–water partition coefficient (Wildman–Crippen LogP) is 2.47. The Balaban J connectivity index is 2.16. The van der Waals surface area contributed by atoms with Gasteiger partial charge in [0.15, 0.2) is 0 Å². The summed E-state index contributed by atoms with van der Waals surface area (Å²) in [4.78, 5) is 2.50. The maximum Gasteiger partial charge on any atom is 0.0251 e. The van der Waals surface area contributed by atoms with Gasteiger partial charge in [-0.2, -0.15) is 11.3 Å². The standard InChI is InChI=1S/C9H13NS/c1-7(2)10-3-8-5-11-6-9(8)4-10/h5-7H,3-4H2,1-2H3. The molecule has 0 N–H and O–H groups in total. The molecule has 1 aliphatic heterocycles. The van der Waals surface area contributed by atoms with Gasteiger partial charge in [-0.15, -0.1) is 0 Å². The lowest BCUT2D eigenvalue weighted by atomic mass is 10.2. The maximum absolute atomic E-state index is 2.50. The summed E-state index contributed by atoms with van der Waals surface area (Å²) in [5.74, 6) is 0. The van der Waals surface area contributed by atoms with E-state index in [1.54, 1.807) is 11.1 Å². The lowest BCUT2D eigenvalue weighted by Gasteiger charge is -2.19. The number of thiophene rings is 1. The summed E-state index contributed by atoms with van der Waals surface area (Å²) in [6.45, 7) is 6.84. The molecular formula is C9H13NS. The topological polar surface area (TPSA) is 3.24 Å². The Morgan fingerprint density at radius 1 is 1.27 bits per heavy atom. The summed E-state index contributed by atoms with van der Waals surface area (Å²) in [5, 5.41) is 4.55. The first-order valence-electron chi connectivity index (χ1n) is 4.05. The van der Waals surface area contributed by atoms with E-state index in [-0.39, 0.29) is 0 Å². The predicted molar refractivity (Wildman–Crippen MR) is 48.7 cm³/mol. The third-order valence-electron chi connectivity index (χ3n) is 2.31. The maximum atomic E-state index is 2.50. The molecule has 0 aromatic carbocycles. The zero-order chi connectivity index (χ0) is 7.84. The third kappa shape index (κ3) is 1.21. The van der Waals surface area contributed by atoms with Crippen LogP contribution in [0.5, 0.6) is 0 Å². The van der Waals surface area contributed by atoms with Gasteiger partial charge in [0.05, 0.1) is 0 Å². The van der Waals surface area contributed by atoms with E-state index in [2.05, 4.69) is 29.5 Å². The Kier molecular flexibility index (Phi) is 1.74. The van der Waals surface area contributed by atoms with Gasteiger partial charge in [-0.05, 0) is 35.7 Å². The van der Waals surface area contributed by atoms with Gasteiger partial charge < -0.3 is 0 Å². The van der Waals surface area contributed by atoms with Crippen LogP contribution in [0.3, 0.4) is 0 Å². The Hall–Kier alpha value is -0.340. The molecule has 0 fully saturated rings. The van der Waals surface area contributed by atoms with Gasteiger partial charge in [0.1, 0.15) is 0 Å². The quantitative estimate of drug-likeness (QED) is 0.621. The van der Waals surface area contributed by atoms with Crippen molar-refractivity contribution in [2.45, 2.75) is 33.0 Å². The Morgan fingerprint density at radius 3 is 2.27 bits per heavy atom. The first-order valence-corrected chi connectivity index (χ1v) is 4.99. The molecule has 1 nitrogen and oxygen atoms in total. The minimum absolute atomic E-state index is 0.687. The summed E-state index contributed by atoms with van der Waals surface area (Å²) in [6.07, 6.45) is 0. The van der Waals surface area contributed by atoms with Crippen molar-refractivity contribution in [2.75, 3.05) is 0 Å². The fourth-order valence-electron chi connectivity index (χ4n) is 1.49. The molecule has 0 bridgehead atoms. The summed E-state index contributed by atoms with van der Waals surface area (Å²) in [7, 11) is 0. The van der Waals surface area contributed by atoms with Crippen molar-refractivity contribution in [3.8, 4) is 0 Å². The van der Waals surface area contributed by atoms with Crippen molar-refractivity contribution >= 4 is 11.3 Å². The molecule has 60 valence electrons. The molecule has 0 spiro atoms. The lowest BCUT2D eigenvalue weighted by molar-refractivity contribution is 0.227. The van der Waals surface area contributed by atoms with Crippen LogP contribution < -0.4 is 0 Å². The summed E-state index contributed by atoms with van der Waals surface area (Å²) >= 11 is 1.83. The summed E-state index contributed by atoms with van der Waals surface area (Å²) in [5.41, 5.74) is 3.09. The Labute approximate surface area is 71.7 Å². The second-order valence-corrected chi connectivity index (χ2v) is 4.16. The van der Waals surface area contributed by atoms with Crippen LogP contribution >= 0.6 is 11.3 Å². The molecular weight excluding hydrogens is 154 g/mol. The Bertz CT molecular complexity index is 231. The highest BCUT2D eigenvalue weighted by atomic mass is 32.1. The van der Waals surface area contributed by atoms with Gasteiger partial charge in [-0.1, -0.05) is 0 Å². The van der Waals surface area contributed by atoms with Gasteiger partial charge in [0.2, 0.25) is 0 Å². The molecule has 0 atom stereocenters. The molecule has 11 heavy (non-hydrogen) atoms. The van der Waals surface area contributed by atoms with E-state index >= 15 is 0 Å². The molecule has 0 saturated heterocycles. The highest BCUT2D eigenvalue weighted by molar-refractivity contribution is 7.08. The van der Waals surface area contributed by atoms with Crippen LogP contribution in [0, 0.1) is 0 Å². The molecule has 0 unspecified atom stereocenters. The normalized spacial score (nSPS) is 17.7. The van der Waals surface area contributed by atoms with Gasteiger partial charge in [-0.25, -0.2) is 0 Å². The fraction of sp³-hybridized carbons (Fsp3) is 0.556. The van der Waals surface area contributed by atoms with Gasteiger partial charge in [0, 0.05) is 19.1 Å². The Morgan fingerprint density at radius 2 is 1.82 bits per heavy atom. The minimum Gasteiger partial charge on any atom is -0.292 e. The molecule has 0 aliphatic carbocycles. The van der Waals surface area contributed by atoms with Crippen molar-refractivity contribution in [1.29, 1.82) is 0 Å². The monoisotopic (exact) mass is 167 g/mol. The highest BCUT2D eigenvalue weighted by Gasteiger charge is 2.20. The average molecular weight is 167 g/mol. The molecule has 2 rings (SSSR count). The van der Waals surface area contributed by atoms with E-state index in [0.717, 1.165) is 13.1 Å². The third-order valence-corrected chi connectivity index (χ3v) is 3.15. The number of hydrogen-bond donors (Lipinski definition) is 0. The molecule has 2 heterocycles. The number of nitrogens with zero attached hydrogens (tertiary/aromatic N) is 1. The van der Waals surface area contributed by atoms with Crippen LogP contribution in [-0.2, 0) is 13.1 Å². The molecule has 1 aromatic rings. The summed E-state index contributed by atoms with van der Waals surface area (Å²) in [6, 6.07) is 0.687. The van der Waals surface area contributed by atoms with Gasteiger partial charge >= 0.3 is 0 Å². The van der Waals surface area contributed by atoms with Crippen molar-refractivity contribution in [1.82, 2.24) is 4.90 Å². The van der Waals surface area contributed by atoms with Crippen molar-refractivity contribution in [3.05, 3.63) is 21.9 Å². The van der Waals surface area contributed by atoms with Crippen LogP contribution in [0.2, 0.25) is 0 Å². The number of fused-ring (bicyclic) bond motifs is 1.